The van der Waals surface area contributed by atoms with Gasteiger partial charge < -0.3 is 5.32 Å². The Labute approximate surface area is 86.0 Å². The zero-order chi connectivity index (χ0) is 10.4. The molecule has 0 spiro atoms. The van der Waals surface area contributed by atoms with Gasteiger partial charge in [-0.25, -0.2) is 9.97 Å². The standard InChI is InChI=1S/C9H13N3.C2H6/c1-7-5-10-9(11-6-7)12-8-3-2-4-8;1-2/h5-6,8H,2-4H2,1H3,(H,10,11,12);1-2H3. The van der Waals surface area contributed by atoms with Gasteiger partial charge in [0.15, 0.2) is 0 Å². The molecular formula is C11H19N3. The van der Waals surface area contributed by atoms with Gasteiger partial charge in [-0.05, 0) is 31.7 Å². The monoisotopic (exact) mass is 193 g/mol. The van der Waals surface area contributed by atoms with Crippen molar-refractivity contribution in [1.82, 2.24) is 9.97 Å². The van der Waals surface area contributed by atoms with Crippen molar-refractivity contribution in [1.29, 1.82) is 0 Å². The van der Waals surface area contributed by atoms with Crippen LogP contribution in [0.2, 0.25) is 0 Å². The summed E-state index contributed by atoms with van der Waals surface area (Å²) >= 11 is 0. The maximum absolute atomic E-state index is 4.18. The maximum atomic E-state index is 4.18. The topological polar surface area (TPSA) is 37.8 Å². The van der Waals surface area contributed by atoms with Crippen LogP contribution in [0.25, 0.3) is 0 Å². The van der Waals surface area contributed by atoms with Crippen molar-refractivity contribution < 1.29 is 0 Å². The van der Waals surface area contributed by atoms with E-state index in [4.69, 9.17) is 0 Å². The second-order valence-electron chi connectivity index (χ2n) is 3.36. The number of hydrogen-bond donors (Lipinski definition) is 1. The first kappa shape index (κ1) is 11.0. The molecule has 1 fully saturated rings. The van der Waals surface area contributed by atoms with Crippen LogP contribution in [0.4, 0.5) is 5.95 Å². The van der Waals surface area contributed by atoms with E-state index in [0.29, 0.717) is 6.04 Å². The molecule has 1 aromatic heterocycles. The minimum Gasteiger partial charge on any atom is -0.351 e. The average Bonchev–Trinajstić information content (AvgIpc) is 2.17. The summed E-state index contributed by atoms with van der Waals surface area (Å²) in [6, 6.07) is 0.618. The molecule has 0 radical (unpaired) electrons. The van der Waals surface area contributed by atoms with E-state index in [1.807, 2.05) is 33.2 Å². The Kier molecular flexibility index (Phi) is 4.36. The molecule has 0 amide bonds. The molecule has 2 rings (SSSR count). The zero-order valence-electron chi connectivity index (χ0n) is 9.25. The smallest absolute Gasteiger partial charge is 0.222 e. The quantitative estimate of drug-likeness (QED) is 0.784. The van der Waals surface area contributed by atoms with Gasteiger partial charge in [-0.3, -0.25) is 0 Å². The number of aryl methyl sites for hydroxylation is 1. The Morgan fingerprint density at radius 3 is 2.21 bits per heavy atom. The third-order valence-corrected chi connectivity index (χ3v) is 2.22. The highest BCUT2D eigenvalue weighted by Gasteiger charge is 2.17. The van der Waals surface area contributed by atoms with E-state index in [9.17, 15) is 0 Å². The van der Waals surface area contributed by atoms with E-state index in [2.05, 4.69) is 15.3 Å². The molecular weight excluding hydrogens is 174 g/mol. The first-order chi connectivity index (χ1) is 6.84. The summed E-state index contributed by atoms with van der Waals surface area (Å²) in [5, 5.41) is 3.28. The Bertz CT molecular complexity index is 252. The number of hydrogen-bond acceptors (Lipinski definition) is 3. The van der Waals surface area contributed by atoms with Gasteiger partial charge in [0.1, 0.15) is 0 Å². The number of nitrogens with zero attached hydrogens (tertiary/aromatic N) is 2. The predicted octanol–water partition coefficient (Wildman–Crippen LogP) is 2.78. The van der Waals surface area contributed by atoms with Crippen LogP contribution in [-0.2, 0) is 0 Å². The average molecular weight is 193 g/mol. The van der Waals surface area contributed by atoms with E-state index in [-0.39, 0.29) is 0 Å². The van der Waals surface area contributed by atoms with Gasteiger partial charge >= 0.3 is 0 Å². The van der Waals surface area contributed by atoms with Crippen LogP contribution in [0.5, 0.6) is 0 Å². The van der Waals surface area contributed by atoms with Crippen LogP contribution >= 0.6 is 0 Å². The van der Waals surface area contributed by atoms with Crippen molar-refractivity contribution in [2.45, 2.75) is 46.1 Å². The number of aromatic nitrogens is 2. The molecule has 0 atom stereocenters. The van der Waals surface area contributed by atoms with Gasteiger partial charge in [-0.2, -0.15) is 0 Å². The second kappa shape index (κ2) is 5.58. The lowest BCUT2D eigenvalue weighted by Gasteiger charge is -2.26. The highest BCUT2D eigenvalue weighted by Crippen LogP contribution is 2.21. The van der Waals surface area contributed by atoms with E-state index >= 15 is 0 Å². The van der Waals surface area contributed by atoms with E-state index in [1.165, 1.54) is 19.3 Å². The predicted molar refractivity (Wildman–Crippen MR) is 59.4 cm³/mol. The Morgan fingerprint density at radius 2 is 1.79 bits per heavy atom. The lowest BCUT2D eigenvalue weighted by molar-refractivity contribution is 0.443. The summed E-state index contributed by atoms with van der Waals surface area (Å²) in [6.45, 7) is 5.99. The molecule has 1 aliphatic carbocycles. The lowest BCUT2D eigenvalue weighted by atomic mass is 9.93. The SMILES string of the molecule is CC.Cc1cnc(NC2CCC2)nc1. The van der Waals surface area contributed by atoms with Gasteiger partial charge in [0.05, 0.1) is 0 Å². The molecule has 1 aromatic rings. The summed E-state index contributed by atoms with van der Waals surface area (Å²) in [5.41, 5.74) is 1.11. The van der Waals surface area contributed by atoms with Crippen molar-refractivity contribution in [3.8, 4) is 0 Å². The summed E-state index contributed by atoms with van der Waals surface area (Å²) < 4.78 is 0. The van der Waals surface area contributed by atoms with Crippen LogP contribution in [0, 0.1) is 6.92 Å². The van der Waals surface area contributed by atoms with E-state index < -0.39 is 0 Å². The fourth-order valence-corrected chi connectivity index (χ4v) is 1.20. The van der Waals surface area contributed by atoms with E-state index in [0.717, 1.165) is 11.5 Å². The lowest BCUT2D eigenvalue weighted by Crippen LogP contribution is -2.27. The summed E-state index contributed by atoms with van der Waals surface area (Å²) in [5.74, 6) is 0.769. The molecule has 3 nitrogen and oxygen atoms in total. The normalized spacial score (nSPS) is 15.1. The summed E-state index contributed by atoms with van der Waals surface area (Å²) in [4.78, 5) is 8.36. The Balaban J connectivity index is 0.000000461. The van der Waals surface area contributed by atoms with Gasteiger partial charge in [-0.15, -0.1) is 0 Å². The molecule has 78 valence electrons. The van der Waals surface area contributed by atoms with Crippen LogP contribution in [-0.4, -0.2) is 16.0 Å². The third kappa shape index (κ3) is 2.98. The molecule has 1 aliphatic rings. The molecule has 14 heavy (non-hydrogen) atoms. The molecule has 1 heterocycles. The minimum atomic E-state index is 0.618. The molecule has 0 aliphatic heterocycles. The second-order valence-corrected chi connectivity index (χ2v) is 3.36. The molecule has 0 bridgehead atoms. The zero-order valence-corrected chi connectivity index (χ0v) is 9.25. The molecule has 1 saturated carbocycles. The Hall–Kier alpha value is -1.12. The van der Waals surface area contributed by atoms with Crippen molar-refractivity contribution in [2.24, 2.45) is 0 Å². The van der Waals surface area contributed by atoms with Gasteiger partial charge in [0, 0.05) is 18.4 Å². The van der Waals surface area contributed by atoms with E-state index in [1.54, 1.807) is 0 Å². The van der Waals surface area contributed by atoms with Crippen LogP contribution in [0.15, 0.2) is 12.4 Å². The van der Waals surface area contributed by atoms with Crippen LogP contribution in [0.1, 0.15) is 38.7 Å². The van der Waals surface area contributed by atoms with Crippen molar-refractivity contribution in [3.05, 3.63) is 18.0 Å². The number of anilines is 1. The molecule has 0 aromatic carbocycles. The van der Waals surface area contributed by atoms with Gasteiger partial charge in [0.2, 0.25) is 5.95 Å². The van der Waals surface area contributed by atoms with Gasteiger partial charge in [0.25, 0.3) is 0 Å². The largest absolute Gasteiger partial charge is 0.351 e. The Morgan fingerprint density at radius 1 is 1.21 bits per heavy atom. The molecule has 0 saturated heterocycles. The van der Waals surface area contributed by atoms with Crippen molar-refractivity contribution >= 4 is 5.95 Å². The van der Waals surface area contributed by atoms with Crippen molar-refractivity contribution in [3.63, 3.8) is 0 Å². The summed E-state index contributed by atoms with van der Waals surface area (Å²) in [7, 11) is 0. The van der Waals surface area contributed by atoms with Crippen molar-refractivity contribution in [2.75, 3.05) is 5.32 Å². The first-order valence-electron chi connectivity index (χ1n) is 5.40. The maximum Gasteiger partial charge on any atom is 0.222 e. The highest BCUT2D eigenvalue weighted by atomic mass is 15.1. The first-order valence-corrected chi connectivity index (χ1v) is 5.40. The summed E-state index contributed by atoms with van der Waals surface area (Å²) in [6.07, 6.45) is 7.54. The van der Waals surface area contributed by atoms with Gasteiger partial charge in [-0.1, -0.05) is 13.8 Å². The third-order valence-electron chi connectivity index (χ3n) is 2.22. The fraction of sp³-hybridized carbons (Fsp3) is 0.636. The molecule has 3 heteroatoms. The fourth-order valence-electron chi connectivity index (χ4n) is 1.20. The molecule has 1 N–H and O–H groups in total. The van der Waals surface area contributed by atoms with Crippen LogP contribution < -0.4 is 5.32 Å². The van der Waals surface area contributed by atoms with Crippen LogP contribution in [0.3, 0.4) is 0 Å². The molecule has 0 unspecified atom stereocenters. The highest BCUT2D eigenvalue weighted by molar-refractivity contribution is 5.26. The number of rotatable bonds is 2. The number of nitrogens with one attached hydrogen (secondary N) is 1. The minimum absolute atomic E-state index is 0.618.